The molecule has 1 aromatic heterocycles. The Balaban J connectivity index is 1.28. The second-order valence-electron chi connectivity index (χ2n) is 7.24. The average molecular weight is 380 g/mol. The number of hydrogen-bond acceptors (Lipinski definition) is 3. The van der Waals surface area contributed by atoms with E-state index in [4.69, 9.17) is 5.26 Å². The number of fused-ring (bicyclic) bond motifs is 1. The van der Waals surface area contributed by atoms with Gasteiger partial charge in [-0.15, -0.1) is 0 Å². The molecule has 1 N–H and O–H groups in total. The molecular formula is C25H24N4. The molecule has 0 saturated carbocycles. The first-order valence-corrected chi connectivity index (χ1v) is 9.99. The summed E-state index contributed by atoms with van der Waals surface area (Å²) in [5, 5.41) is 15.1. The minimum absolute atomic E-state index is 0.692. The van der Waals surface area contributed by atoms with Gasteiger partial charge in [0.15, 0.2) is 0 Å². The molecule has 3 aromatic carbocycles. The van der Waals surface area contributed by atoms with Gasteiger partial charge >= 0.3 is 0 Å². The largest absolute Gasteiger partial charge is 0.330 e. The molecule has 0 saturated heterocycles. The SMILES string of the molecule is N#Cc1ccc(Cn2cncc2CCCNCc2cccc3ccccc23)cc1. The summed E-state index contributed by atoms with van der Waals surface area (Å²) in [4.78, 5) is 4.32. The van der Waals surface area contributed by atoms with Crippen molar-refractivity contribution >= 4 is 10.8 Å². The Morgan fingerprint density at radius 3 is 2.66 bits per heavy atom. The highest BCUT2D eigenvalue weighted by molar-refractivity contribution is 5.85. The topological polar surface area (TPSA) is 53.6 Å². The van der Waals surface area contributed by atoms with Gasteiger partial charge in [0.25, 0.3) is 0 Å². The highest BCUT2D eigenvalue weighted by Crippen LogP contribution is 2.18. The van der Waals surface area contributed by atoms with E-state index >= 15 is 0 Å². The molecule has 0 aliphatic heterocycles. The molecule has 29 heavy (non-hydrogen) atoms. The molecule has 4 aromatic rings. The van der Waals surface area contributed by atoms with Gasteiger partial charge in [0.1, 0.15) is 0 Å². The maximum Gasteiger partial charge on any atom is 0.0991 e. The third-order valence-electron chi connectivity index (χ3n) is 5.22. The van der Waals surface area contributed by atoms with Crippen LogP contribution >= 0.6 is 0 Å². The third kappa shape index (κ3) is 4.71. The van der Waals surface area contributed by atoms with Gasteiger partial charge in [-0.2, -0.15) is 5.26 Å². The van der Waals surface area contributed by atoms with Gasteiger partial charge in [-0.05, 0) is 53.4 Å². The molecule has 0 amide bonds. The van der Waals surface area contributed by atoms with Crippen molar-refractivity contribution in [3.05, 3.63) is 102 Å². The summed E-state index contributed by atoms with van der Waals surface area (Å²) in [6, 6.07) is 24.9. The van der Waals surface area contributed by atoms with E-state index in [1.807, 2.05) is 36.8 Å². The number of hydrogen-bond donors (Lipinski definition) is 1. The van der Waals surface area contributed by atoms with Gasteiger partial charge in [0.05, 0.1) is 18.0 Å². The lowest BCUT2D eigenvalue weighted by molar-refractivity contribution is 0.630. The van der Waals surface area contributed by atoms with Gasteiger partial charge in [-0.1, -0.05) is 54.6 Å². The minimum atomic E-state index is 0.692. The minimum Gasteiger partial charge on any atom is -0.330 e. The van der Waals surface area contributed by atoms with Crippen LogP contribution in [0, 0.1) is 11.3 Å². The molecule has 1 heterocycles. The molecule has 0 bridgehead atoms. The number of nitriles is 1. The smallest absolute Gasteiger partial charge is 0.0991 e. The molecule has 4 rings (SSSR count). The van der Waals surface area contributed by atoms with Crippen LogP contribution in [0.25, 0.3) is 10.8 Å². The third-order valence-corrected chi connectivity index (χ3v) is 5.22. The van der Waals surface area contributed by atoms with Crippen molar-refractivity contribution in [3.63, 3.8) is 0 Å². The molecule has 144 valence electrons. The summed E-state index contributed by atoms with van der Waals surface area (Å²) < 4.78 is 2.19. The van der Waals surface area contributed by atoms with Gasteiger partial charge in [0.2, 0.25) is 0 Å². The predicted octanol–water partition coefficient (Wildman–Crippen LogP) is 4.68. The van der Waals surface area contributed by atoms with Crippen LogP contribution in [-0.2, 0) is 19.5 Å². The van der Waals surface area contributed by atoms with Crippen molar-refractivity contribution in [2.24, 2.45) is 0 Å². The first kappa shape index (κ1) is 18.9. The van der Waals surface area contributed by atoms with Crippen LogP contribution in [0.1, 0.15) is 28.8 Å². The molecule has 0 aliphatic carbocycles. The fraction of sp³-hybridized carbons (Fsp3) is 0.200. The lowest BCUT2D eigenvalue weighted by Gasteiger charge is -2.10. The Kier molecular flexibility index (Phi) is 5.99. The van der Waals surface area contributed by atoms with E-state index in [0.29, 0.717) is 5.56 Å². The average Bonchev–Trinajstić information content (AvgIpc) is 3.21. The zero-order valence-electron chi connectivity index (χ0n) is 16.4. The van der Waals surface area contributed by atoms with E-state index in [9.17, 15) is 0 Å². The standard InChI is InChI=1S/C25H24N4/c26-15-20-10-12-21(13-11-20)18-29-19-28-17-24(29)8-4-14-27-16-23-7-3-6-22-5-1-2-9-25(22)23/h1-3,5-7,9-13,17,19,27H,4,8,14,16,18H2. The summed E-state index contributed by atoms with van der Waals surface area (Å²) >= 11 is 0. The maximum atomic E-state index is 8.92. The van der Waals surface area contributed by atoms with Crippen LogP contribution in [0.2, 0.25) is 0 Å². The Hall–Kier alpha value is -3.42. The molecule has 0 spiro atoms. The number of nitrogens with one attached hydrogen (secondary N) is 1. The Bertz CT molecular complexity index is 1110. The lowest BCUT2D eigenvalue weighted by Crippen LogP contribution is -2.16. The number of aryl methyl sites for hydroxylation is 1. The highest BCUT2D eigenvalue weighted by Gasteiger charge is 2.04. The zero-order chi connectivity index (χ0) is 19.9. The first-order valence-electron chi connectivity index (χ1n) is 9.99. The molecule has 4 heteroatoms. The summed E-state index contributed by atoms with van der Waals surface area (Å²) in [7, 11) is 0. The second kappa shape index (κ2) is 9.18. The van der Waals surface area contributed by atoms with Crippen molar-refractivity contribution in [3.8, 4) is 6.07 Å². The monoisotopic (exact) mass is 380 g/mol. The van der Waals surface area contributed by atoms with Crippen molar-refractivity contribution in [1.82, 2.24) is 14.9 Å². The number of benzene rings is 3. The highest BCUT2D eigenvalue weighted by atomic mass is 15.0. The van der Waals surface area contributed by atoms with Crippen molar-refractivity contribution in [2.45, 2.75) is 25.9 Å². The summed E-state index contributed by atoms with van der Waals surface area (Å²) in [6.07, 6.45) is 5.88. The van der Waals surface area contributed by atoms with E-state index in [2.05, 4.69) is 63.4 Å². The second-order valence-corrected chi connectivity index (χ2v) is 7.24. The molecule has 0 unspecified atom stereocenters. The lowest BCUT2D eigenvalue weighted by atomic mass is 10.0. The van der Waals surface area contributed by atoms with E-state index in [1.54, 1.807) is 0 Å². The maximum absolute atomic E-state index is 8.92. The van der Waals surface area contributed by atoms with Gasteiger partial charge in [-0.25, -0.2) is 4.98 Å². The number of aromatic nitrogens is 2. The first-order chi connectivity index (χ1) is 14.3. The van der Waals surface area contributed by atoms with E-state index in [-0.39, 0.29) is 0 Å². The van der Waals surface area contributed by atoms with E-state index in [1.165, 1.54) is 27.6 Å². The van der Waals surface area contributed by atoms with Gasteiger partial charge in [0, 0.05) is 25.0 Å². The van der Waals surface area contributed by atoms with Gasteiger partial charge < -0.3 is 9.88 Å². The molecule has 0 atom stereocenters. The number of rotatable bonds is 8. The summed E-state index contributed by atoms with van der Waals surface area (Å²) in [5.74, 6) is 0. The summed E-state index contributed by atoms with van der Waals surface area (Å²) in [6.45, 7) is 2.63. The van der Waals surface area contributed by atoms with Crippen LogP contribution in [0.5, 0.6) is 0 Å². The number of imidazole rings is 1. The van der Waals surface area contributed by atoms with Crippen molar-refractivity contribution in [1.29, 1.82) is 5.26 Å². The molecular weight excluding hydrogens is 356 g/mol. The normalized spacial score (nSPS) is 10.9. The Labute approximate surface area is 171 Å². The summed E-state index contributed by atoms with van der Waals surface area (Å²) in [5.41, 5.74) is 4.45. The fourth-order valence-corrected chi connectivity index (χ4v) is 3.64. The molecule has 4 nitrogen and oxygen atoms in total. The van der Waals surface area contributed by atoms with Gasteiger partial charge in [-0.3, -0.25) is 0 Å². The van der Waals surface area contributed by atoms with Crippen LogP contribution in [0.15, 0.2) is 79.3 Å². The fourth-order valence-electron chi connectivity index (χ4n) is 3.64. The zero-order valence-corrected chi connectivity index (χ0v) is 16.4. The van der Waals surface area contributed by atoms with Crippen LogP contribution in [0.3, 0.4) is 0 Å². The Morgan fingerprint density at radius 1 is 0.966 bits per heavy atom. The van der Waals surface area contributed by atoms with Crippen molar-refractivity contribution in [2.75, 3.05) is 6.54 Å². The quantitative estimate of drug-likeness (QED) is 0.452. The Morgan fingerprint density at radius 2 is 1.79 bits per heavy atom. The van der Waals surface area contributed by atoms with Crippen molar-refractivity contribution < 1.29 is 0 Å². The predicted molar refractivity (Wildman–Crippen MR) is 116 cm³/mol. The van der Waals surface area contributed by atoms with E-state index in [0.717, 1.165) is 32.5 Å². The van der Waals surface area contributed by atoms with Crippen LogP contribution < -0.4 is 5.32 Å². The van der Waals surface area contributed by atoms with E-state index < -0.39 is 0 Å². The molecule has 0 fully saturated rings. The molecule has 0 aliphatic rings. The van der Waals surface area contributed by atoms with Crippen LogP contribution in [0.4, 0.5) is 0 Å². The van der Waals surface area contributed by atoms with Crippen LogP contribution in [-0.4, -0.2) is 16.1 Å². The number of nitrogens with zero attached hydrogens (tertiary/aromatic N) is 3. The molecule has 0 radical (unpaired) electrons.